The Balaban J connectivity index is 2.21. The minimum Gasteiger partial charge on any atom is -0.497 e. The van der Waals surface area contributed by atoms with Crippen LogP contribution in [0.15, 0.2) is 46.9 Å². The minimum atomic E-state index is -0.216. The van der Waals surface area contributed by atoms with Crippen molar-refractivity contribution in [1.82, 2.24) is 0 Å². The number of halogens is 2. The number of hydrogen-bond acceptors (Lipinski definition) is 2. The van der Waals surface area contributed by atoms with Crippen molar-refractivity contribution in [2.45, 2.75) is 0 Å². The highest BCUT2D eigenvalue weighted by molar-refractivity contribution is 9.10. The Morgan fingerprint density at radius 2 is 1.50 bits per heavy atom. The van der Waals surface area contributed by atoms with Gasteiger partial charge in [0.15, 0.2) is 3.57 Å². The van der Waals surface area contributed by atoms with Gasteiger partial charge in [0.2, 0.25) is 3.57 Å². The summed E-state index contributed by atoms with van der Waals surface area (Å²) in [4.78, 5) is 0. The first-order valence-corrected chi connectivity index (χ1v) is 8.30. The summed E-state index contributed by atoms with van der Waals surface area (Å²) in [5.41, 5.74) is 0. The van der Waals surface area contributed by atoms with Crippen molar-refractivity contribution in [2.24, 2.45) is 0 Å². The summed E-state index contributed by atoms with van der Waals surface area (Å²) in [6, 6.07) is 14.4. The van der Waals surface area contributed by atoms with Crippen LogP contribution in [0.2, 0.25) is 0 Å². The molecular weight excluding hydrogens is 407 g/mol. The van der Waals surface area contributed by atoms with E-state index >= 15 is 0 Å². The molecule has 0 aliphatic carbocycles. The van der Waals surface area contributed by atoms with Crippen molar-refractivity contribution < 1.29 is 30.7 Å². The van der Waals surface area contributed by atoms with E-state index in [0.29, 0.717) is 0 Å². The van der Waals surface area contributed by atoms with Crippen LogP contribution in [0.5, 0.6) is 11.5 Å². The monoisotopic (exact) mass is 419 g/mol. The van der Waals surface area contributed by atoms with Gasteiger partial charge in [0.25, 0.3) is 0 Å². The van der Waals surface area contributed by atoms with E-state index in [1.807, 2.05) is 24.3 Å². The Morgan fingerprint density at radius 1 is 0.889 bits per heavy atom. The smallest absolute Gasteiger partial charge is 0.359 e. The third-order valence-electron chi connectivity index (χ3n) is 2.39. The second kappa shape index (κ2) is 6.43. The standard InChI is InChI=1S/C14H13BrIO2/c1-17-11-5-3-10(4-6-11)16-14-9-12(18-2)7-8-13(14)15/h3-9H,1-2H3/q+1. The van der Waals surface area contributed by atoms with Crippen molar-refractivity contribution in [3.05, 3.63) is 54.1 Å². The molecule has 18 heavy (non-hydrogen) atoms. The number of methoxy groups -OCH3 is 2. The molecule has 2 nitrogen and oxygen atoms in total. The molecule has 0 fully saturated rings. The molecule has 0 aliphatic heterocycles. The van der Waals surface area contributed by atoms with Gasteiger partial charge in [-0.05, 0) is 52.3 Å². The molecule has 0 saturated carbocycles. The van der Waals surface area contributed by atoms with Crippen molar-refractivity contribution in [1.29, 1.82) is 0 Å². The van der Waals surface area contributed by atoms with Crippen LogP contribution in [0, 0.1) is 7.14 Å². The van der Waals surface area contributed by atoms with Crippen LogP contribution >= 0.6 is 15.9 Å². The van der Waals surface area contributed by atoms with Crippen LogP contribution in [-0.2, 0) is 0 Å². The third kappa shape index (κ3) is 3.38. The fraction of sp³-hybridized carbons (Fsp3) is 0.143. The van der Waals surface area contributed by atoms with Crippen molar-refractivity contribution in [3.8, 4) is 11.5 Å². The molecule has 94 valence electrons. The summed E-state index contributed by atoms with van der Waals surface area (Å²) >= 11 is 3.38. The van der Waals surface area contributed by atoms with E-state index in [4.69, 9.17) is 9.47 Å². The van der Waals surface area contributed by atoms with E-state index < -0.39 is 0 Å². The van der Waals surface area contributed by atoms with Crippen LogP contribution in [-0.4, -0.2) is 14.2 Å². The van der Waals surface area contributed by atoms with Gasteiger partial charge in [-0.2, -0.15) is 0 Å². The maximum atomic E-state index is 5.26. The van der Waals surface area contributed by atoms with E-state index in [1.54, 1.807) is 14.2 Å². The van der Waals surface area contributed by atoms with Gasteiger partial charge in [-0.1, -0.05) is 0 Å². The van der Waals surface area contributed by atoms with Gasteiger partial charge in [0.05, 0.1) is 18.7 Å². The predicted octanol–water partition coefficient (Wildman–Crippen LogP) is 0.595. The molecule has 4 heteroatoms. The maximum absolute atomic E-state index is 5.26. The second-order valence-corrected chi connectivity index (χ2v) is 7.33. The van der Waals surface area contributed by atoms with Crippen LogP contribution in [0.1, 0.15) is 0 Å². The lowest BCUT2D eigenvalue weighted by Crippen LogP contribution is -3.61. The number of benzene rings is 2. The fourth-order valence-corrected chi connectivity index (χ4v) is 4.47. The van der Waals surface area contributed by atoms with Crippen molar-refractivity contribution in [2.75, 3.05) is 14.2 Å². The van der Waals surface area contributed by atoms with Crippen molar-refractivity contribution >= 4 is 15.9 Å². The van der Waals surface area contributed by atoms with E-state index in [1.165, 1.54) is 7.14 Å². The third-order valence-corrected chi connectivity index (χ3v) is 6.64. The maximum Gasteiger partial charge on any atom is 0.359 e. The normalized spacial score (nSPS) is 10.2. The highest BCUT2D eigenvalue weighted by Crippen LogP contribution is 2.16. The quantitative estimate of drug-likeness (QED) is 0.675. The van der Waals surface area contributed by atoms with Crippen LogP contribution in [0.25, 0.3) is 0 Å². The van der Waals surface area contributed by atoms with Gasteiger partial charge in [-0.3, -0.25) is 0 Å². The van der Waals surface area contributed by atoms with Gasteiger partial charge in [-0.25, -0.2) is 0 Å². The first-order valence-electron chi connectivity index (χ1n) is 5.35. The predicted molar refractivity (Wildman–Crippen MR) is 71.1 cm³/mol. The van der Waals surface area contributed by atoms with Gasteiger partial charge >= 0.3 is 21.2 Å². The molecule has 0 unspecified atom stereocenters. The molecule has 0 radical (unpaired) electrons. The summed E-state index contributed by atoms with van der Waals surface area (Å²) < 4.78 is 14.2. The second-order valence-electron chi connectivity index (χ2n) is 3.53. The Hall–Kier alpha value is -0.750. The van der Waals surface area contributed by atoms with E-state index in [0.717, 1.165) is 16.0 Å². The van der Waals surface area contributed by atoms with Crippen LogP contribution < -0.4 is 30.7 Å². The van der Waals surface area contributed by atoms with Gasteiger partial charge in [-0.15, -0.1) is 0 Å². The van der Waals surface area contributed by atoms with E-state index in [2.05, 4.69) is 34.1 Å². The largest absolute Gasteiger partial charge is 0.497 e. The fourth-order valence-electron chi connectivity index (χ4n) is 1.43. The zero-order chi connectivity index (χ0) is 13.0. The summed E-state index contributed by atoms with van der Waals surface area (Å²) in [6.45, 7) is 0. The summed E-state index contributed by atoms with van der Waals surface area (Å²) in [7, 11) is 3.38. The number of hydrogen-bond donors (Lipinski definition) is 0. The lowest BCUT2D eigenvalue weighted by molar-refractivity contribution is -0.598. The van der Waals surface area contributed by atoms with Crippen LogP contribution in [0.3, 0.4) is 0 Å². The molecule has 0 saturated heterocycles. The molecule has 0 heterocycles. The summed E-state index contributed by atoms with van der Waals surface area (Å²) in [6.07, 6.45) is 0. The number of ether oxygens (including phenoxy) is 2. The Bertz CT molecular complexity index is 526. The Labute approximate surface area is 126 Å². The zero-order valence-corrected chi connectivity index (χ0v) is 13.9. The molecule has 2 aromatic carbocycles. The lowest BCUT2D eigenvalue weighted by Gasteiger charge is -1.99. The Kier molecular flexibility index (Phi) is 4.88. The van der Waals surface area contributed by atoms with Crippen LogP contribution in [0.4, 0.5) is 0 Å². The first kappa shape index (κ1) is 13.7. The molecule has 0 bridgehead atoms. The van der Waals surface area contributed by atoms with Crippen molar-refractivity contribution in [3.63, 3.8) is 0 Å². The molecule has 0 amide bonds. The van der Waals surface area contributed by atoms with E-state index in [-0.39, 0.29) is 21.2 Å². The topological polar surface area (TPSA) is 18.5 Å². The average molecular weight is 420 g/mol. The van der Waals surface area contributed by atoms with Gasteiger partial charge < -0.3 is 9.47 Å². The average Bonchev–Trinajstić information content (AvgIpc) is 2.42. The molecule has 2 aromatic rings. The summed E-state index contributed by atoms with van der Waals surface area (Å²) in [5.74, 6) is 1.80. The molecule has 0 atom stereocenters. The molecule has 0 aliphatic rings. The molecule has 2 rings (SSSR count). The minimum absolute atomic E-state index is 0.216. The zero-order valence-electron chi connectivity index (χ0n) is 10.1. The highest BCUT2D eigenvalue weighted by Gasteiger charge is 2.20. The van der Waals surface area contributed by atoms with Gasteiger partial charge in [0.1, 0.15) is 11.5 Å². The highest BCUT2D eigenvalue weighted by atomic mass is 127. The molecule has 0 aromatic heterocycles. The summed E-state index contributed by atoms with van der Waals surface area (Å²) in [5, 5.41) is 0. The number of rotatable bonds is 4. The molecule has 0 spiro atoms. The Morgan fingerprint density at radius 3 is 2.11 bits per heavy atom. The van der Waals surface area contributed by atoms with Gasteiger partial charge in [0, 0.05) is 6.07 Å². The molecule has 0 N–H and O–H groups in total. The molecular formula is C14H13BrIO2+. The van der Waals surface area contributed by atoms with E-state index in [9.17, 15) is 0 Å². The first-order chi connectivity index (χ1) is 8.72. The lowest BCUT2D eigenvalue weighted by atomic mass is 10.3. The SMILES string of the molecule is COc1ccc([I+]c2cc(OC)ccc2Br)cc1.